The number of nitrogens with zero attached hydrogens (tertiary/aromatic N) is 6. The van der Waals surface area contributed by atoms with Crippen LogP contribution >= 0.6 is 0 Å². The summed E-state index contributed by atoms with van der Waals surface area (Å²) >= 11 is 0. The lowest BCUT2D eigenvalue weighted by molar-refractivity contribution is 0.0847. The molecule has 3 aliphatic rings. The van der Waals surface area contributed by atoms with Gasteiger partial charge in [0.2, 0.25) is 5.95 Å². The van der Waals surface area contributed by atoms with Gasteiger partial charge in [0.15, 0.2) is 5.82 Å². The Bertz CT molecular complexity index is 1450. The second-order valence-corrected chi connectivity index (χ2v) is 12.4. The number of aromatic nitrogens is 4. The van der Waals surface area contributed by atoms with Gasteiger partial charge in [0.25, 0.3) is 6.43 Å². The van der Waals surface area contributed by atoms with E-state index in [2.05, 4.69) is 22.1 Å². The van der Waals surface area contributed by atoms with Crippen molar-refractivity contribution in [2.45, 2.75) is 77.5 Å². The van der Waals surface area contributed by atoms with Crippen LogP contribution in [-0.2, 0) is 9.47 Å². The molecule has 0 spiro atoms. The summed E-state index contributed by atoms with van der Waals surface area (Å²) in [4.78, 5) is 30.2. The van der Waals surface area contributed by atoms with Crippen molar-refractivity contribution in [3.05, 3.63) is 35.7 Å². The molecule has 6 rings (SSSR count). The number of cyclic esters (lactones) is 1. The number of benzene rings is 1. The van der Waals surface area contributed by atoms with Gasteiger partial charge in [-0.05, 0) is 77.0 Å². The number of nitrogens with one attached hydrogen (secondary N) is 1. The highest BCUT2D eigenvalue weighted by molar-refractivity contribution is 5.79. The summed E-state index contributed by atoms with van der Waals surface area (Å²) in [6.07, 6.45) is 0.733. The Kier molecular flexibility index (Phi) is 7.67. The summed E-state index contributed by atoms with van der Waals surface area (Å²) < 4.78 is 41.1. The molecule has 0 bridgehead atoms. The van der Waals surface area contributed by atoms with Crippen molar-refractivity contribution in [2.24, 2.45) is 5.92 Å². The Morgan fingerprint density at radius 2 is 1.83 bits per heavy atom. The molecular formula is C30H39F2N7O3. The monoisotopic (exact) mass is 583 g/mol. The summed E-state index contributed by atoms with van der Waals surface area (Å²) in [6.45, 7) is 10.9. The van der Waals surface area contributed by atoms with Gasteiger partial charge < -0.3 is 24.6 Å². The van der Waals surface area contributed by atoms with E-state index in [9.17, 15) is 13.6 Å². The van der Waals surface area contributed by atoms with Gasteiger partial charge in [-0.3, -0.25) is 4.57 Å². The van der Waals surface area contributed by atoms with E-state index in [1.807, 2.05) is 37.8 Å². The fourth-order valence-electron chi connectivity index (χ4n) is 6.40. The van der Waals surface area contributed by atoms with Crippen LogP contribution in [0.3, 0.4) is 0 Å². The highest BCUT2D eigenvalue weighted by Gasteiger charge is 2.42. The molecular weight excluding hydrogens is 544 g/mol. The van der Waals surface area contributed by atoms with E-state index in [1.54, 1.807) is 12.1 Å². The van der Waals surface area contributed by atoms with Crippen LogP contribution in [0.25, 0.3) is 16.9 Å². The van der Waals surface area contributed by atoms with E-state index in [4.69, 9.17) is 19.4 Å². The number of rotatable bonds is 7. The zero-order valence-corrected chi connectivity index (χ0v) is 24.6. The largest absolute Gasteiger partial charge is 0.441 e. The zero-order chi connectivity index (χ0) is 29.6. The summed E-state index contributed by atoms with van der Waals surface area (Å²) in [5.41, 5.74) is 1.57. The molecule has 226 valence electrons. The van der Waals surface area contributed by atoms with Gasteiger partial charge in [0, 0.05) is 25.2 Å². The number of morpholine rings is 1. The van der Waals surface area contributed by atoms with Crippen molar-refractivity contribution >= 4 is 28.9 Å². The third-order valence-electron chi connectivity index (χ3n) is 8.58. The minimum atomic E-state index is -2.77. The number of hydrogen-bond donors (Lipinski definition) is 1. The minimum absolute atomic E-state index is 0.0724. The Morgan fingerprint density at radius 1 is 1.07 bits per heavy atom. The number of carbonyl (C=O) groups excluding carboxylic acids is 1. The molecule has 42 heavy (non-hydrogen) atoms. The standard InChI is InChI=1S/C30H39F2N7O3/c1-18-5-10-22-23(13-18)39(27(34-22)26(31)32)25-14-24(37-11-12-41-16-19(37)2)35-28(36-25)33-15-20-6-8-21(9-7-20)38-17-30(3,4)42-29(38)40/h5,10,13-14,19-21,26H,6-9,11-12,15-17H2,1-4H3,(H,33,35,36)/t19-,20?,21?/m0/s1. The number of halogens is 2. The molecule has 4 heterocycles. The third kappa shape index (κ3) is 5.73. The van der Waals surface area contributed by atoms with Crippen LogP contribution in [0.15, 0.2) is 24.3 Å². The third-order valence-corrected chi connectivity index (χ3v) is 8.58. The zero-order valence-electron chi connectivity index (χ0n) is 24.6. The Morgan fingerprint density at radius 3 is 2.52 bits per heavy atom. The molecule has 2 aromatic heterocycles. The van der Waals surface area contributed by atoms with Crippen molar-refractivity contribution in [2.75, 3.05) is 43.1 Å². The number of aryl methyl sites for hydroxylation is 1. The molecule has 3 fully saturated rings. The quantitative estimate of drug-likeness (QED) is 0.390. The highest BCUT2D eigenvalue weighted by Crippen LogP contribution is 2.34. The molecule has 1 saturated carbocycles. The molecule has 1 aromatic carbocycles. The average molecular weight is 584 g/mol. The molecule has 2 saturated heterocycles. The smallest absolute Gasteiger partial charge is 0.410 e. The first-order chi connectivity index (χ1) is 20.1. The van der Waals surface area contributed by atoms with Crippen LogP contribution in [0.1, 0.15) is 64.3 Å². The molecule has 1 N–H and O–H groups in total. The van der Waals surface area contributed by atoms with Crippen LogP contribution in [-0.4, -0.2) is 81.0 Å². The number of anilines is 2. The number of fused-ring (bicyclic) bond motifs is 1. The highest BCUT2D eigenvalue weighted by atomic mass is 19.3. The Labute approximate surface area is 244 Å². The lowest BCUT2D eigenvalue weighted by atomic mass is 9.85. The molecule has 1 atom stereocenters. The van der Waals surface area contributed by atoms with Gasteiger partial charge in [-0.2, -0.15) is 9.97 Å². The van der Waals surface area contributed by atoms with Gasteiger partial charge >= 0.3 is 6.09 Å². The van der Waals surface area contributed by atoms with Crippen molar-refractivity contribution in [1.82, 2.24) is 24.4 Å². The second kappa shape index (κ2) is 11.3. The topological polar surface area (TPSA) is 97.6 Å². The average Bonchev–Trinajstić information content (AvgIpc) is 3.47. The van der Waals surface area contributed by atoms with E-state index in [0.29, 0.717) is 67.4 Å². The molecule has 10 nitrogen and oxygen atoms in total. The predicted molar refractivity (Wildman–Crippen MR) is 155 cm³/mol. The van der Waals surface area contributed by atoms with E-state index < -0.39 is 12.0 Å². The molecule has 12 heteroatoms. The maximum atomic E-state index is 14.3. The fraction of sp³-hybridized carbons (Fsp3) is 0.600. The van der Waals surface area contributed by atoms with Crippen LogP contribution in [0, 0.1) is 12.8 Å². The Hall–Kier alpha value is -3.54. The minimum Gasteiger partial charge on any atom is -0.441 e. The normalized spacial score (nSPS) is 24.5. The van der Waals surface area contributed by atoms with Crippen LogP contribution < -0.4 is 10.2 Å². The lowest BCUT2D eigenvalue weighted by Crippen LogP contribution is -2.44. The summed E-state index contributed by atoms with van der Waals surface area (Å²) in [5, 5.41) is 3.42. The van der Waals surface area contributed by atoms with E-state index >= 15 is 0 Å². The maximum Gasteiger partial charge on any atom is 0.410 e. The predicted octanol–water partition coefficient (Wildman–Crippen LogP) is 5.49. The molecule has 2 aliphatic heterocycles. The summed E-state index contributed by atoms with van der Waals surface area (Å²) in [5.74, 6) is 1.43. The lowest BCUT2D eigenvalue weighted by Gasteiger charge is -2.35. The van der Waals surface area contributed by atoms with Crippen LogP contribution in [0.4, 0.5) is 25.3 Å². The second-order valence-electron chi connectivity index (χ2n) is 12.4. The molecule has 1 aliphatic carbocycles. The molecule has 3 aromatic rings. The van der Waals surface area contributed by atoms with E-state index in [0.717, 1.165) is 31.2 Å². The van der Waals surface area contributed by atoms with Gasteiger partial charge in [-0.25, -0.2) is 18.6 Å². The molecule has 1 amide bonds. The van der Waals surface area contributed by atoms with Gasteiger partial charge in [0.05, 0.1) is 36.8 Å². The summed E-state index contributed by atoms with van der Waals surface area (Å²) in [6, 6.07) is 7.52. The van der Waals surface area contributed by atoms with Crippen LogP contribution in [0.5, 0.6) is 0 Å². The molecule has 0 unspecified atom stereocenters. The SMILES string of the molecule is Cc1ccc2nc(C(F)F)n(-c3cc(N4CCOC[C@@H]4C)nc(NCC4CCC(N5CC(C)(C)OC5=O)CC4)n3)c2c1. The number of alkyl halides is 2. The fourth-order valence-corrected chi connectivity index (χ4v) is 6.40. The molecule has 0 radical (unpaired) electrons. The van der Waals surface area contributed by atoms with Crippen molar-refractivity contribution in [3.8, 4) is 5.82 Å². The van der Waals surface area contributed by atoms with Crippen molar-refractivity contribution in [1.29, 1.82) is 0 Å². The maximum absolute atomic E-state index is 14.3. The number of amides is 1. The number of carbonyl (C=O) groups is 1. The van der Waals surface area contributed by atoms with E-state index in [-0.39, 0.29) is 24.0 Å². The Balaban J connectivity index is 1.26. The van der Waals surface area contributed by atoms with Gasteiger partial charge in [-0.1, -0.05) is 6.07 Å². The number of ether oxygens (including phenoxy) is 2. The van der Waals surface area contributed by atoms with Gasteiger partial charge in [0.1, 0.15) is 17.2 Å². The number of imidazole rings is 1. The van der Waals surface area contributed by atoms with Crippen LogP contribution in [0.2, 0.25) is 0 Å². The summed E-state index contributed by atoms with van der Waals surface area (Å²) in [7, 11) is 0. The van der Waals surface area contributed by atoms with Crippen molar-refractivity contribution < 1.29 is 23.0 Å². The first-order valence-corrected chi connectivity index (χ1v) is 14.8. The van der Waals surface area contributed by atoms with Crippen molar-refractivity contribution in [3.63, 3.8) is 0 Å². The first kappa shape index (κ1) is 28.6. The number of hydrogen-bond acceptors (Lipinski definition) is 8. The van der Waals surface area contributed by atoms with E-state index in [1.165, 1.54) is 4.57 Å². The van der Waals surface area contributed by atoms with Gasteiger partial charge in [-0.15, -0.1) is 0 Å². The first-order valence-electron chi connectivity index (χ1n) is 14.8.